The van der Waals surface area contributed by atoms with Crippen LogP contribution in [0.2, 0.25) is 0 Å². The minimum Gasteiger partial charge on any atom is -1.00 e. The second-order valence-corrected chi connectivity index (χ2v) is 1.40. The summed E-state index contributed by atoms with van der Waals surface area (Å²) in [5.41, 5.74) is 0. The van der Waals surface area contributed by atoms with E-state index in [-0.39, 0.29) is 51.3 Å². The van der Waals surface area contributed by atoms with Crippen LogP contribution >= 0.6 is 0 Å². The largest absolute Gasteiger partial charge is 1.00 e. The molecule has 0 aliphatic rings. The first-order chi connectivity index (χ1) is 3.55. The molecule has 0 aromatic rings. The Morgan fingerprint density at radius 1 is 1.30 bits per heavy atom. The smallest absolute Gasteiger partial charge is 1.00 e. The van der Waals surface area contributed by atoms with E-state index in [0.29, 0.717) is 0 Å². The Hall–Kier alpha value is 0.537. The Morgan fingerprint density at radius 3 is 1.50 bits per heavy atom. The van der Waals surface area contributed by atoms with Crippen LogP contribution in [0.3, 0.4) is 0 Å². The van der Waals surface area contributed by atoms with Gasteiger partial charge in [0.05, 0.1) is 0 Å². The quantitative estimate of drug-likeness (QED) is 0.303. The zero-order valence-corrected chi connectivity index (χ0v) is 8.29. The van der Waals surface area contributed by atoms with E-state index in [9.17, 15) is 9.59 Å². The fourth-order valence-electron chi connectivity index (χ4n) is 0.106. The van der Waals surface area contributed by atoms with Crippen molar-refractivity contribution in [1.82, 2.24) is 0 Å². The summed E-state index contributed by atoms with van der Waals surface area (Å²) in [6, 6.07) is 0. The van der Waals surface area contributed by atoms with Crippen molar-refractivity contribution in [3.63, 3.8) is 0 Å². The molecule has 4 nitrogen and oxygen atoms in total. The first-order valence-corrected chi connectivity index (χ1v) is 2.01. The molecule has 0 heterocycles. The second-order valence-electron chi connectivity index (χ2n) is 1.40. The molecule has 6 heteroatoms. The summed E-state index contributed by atoms with van der Waals surface area (Å²) >= 11 is 0. The third-order valence-electron chi connectivity index (χ3n) is 0.741. The molecule has 0 aliphatic heterocycles. The Balaban J connectivity index is -0.0000000408. The molecule has 0 aromatic heterocycles. The Labute approximate surface area is 95.4 Å². The van der Waals surface area contributed by atoms with Gasteiger partial charge in [-0.05, 0) is 6.92 Å². The van der Waals surface area contributed by atoms with Gasteiger partial charge in [-0.2, -0.15) is 0 Å². The molecular weight excluding hydrogens is 142 g/mol. The van der Waals surface area contributed by atoms with Crippen LogP contribution in [0.4, 0.5) is 0 Å². The molecule has 0 aromatic carbocycles. The zero-order valence-electron chi connectivity index (χ0n) is 8.29. The molecule has 10 heavy (non-hydrogen) atoms. The van der Waals surface area contributed by atoms with Crippen molar-refractivity contribution in [3.8, 4) is 0 Å². The molecule has 0 aliphatic carbocycles. The van der Waals surface area contributed by atoms with Crippen LogP contribution in [-0.4, -0.2) is 22.2 Å². The first kappa shape index (κ1) is 16.9. The van der Waals surface area contributed by atoms with E-state index in [4.69, 9.17) is 10.2 Å². The van der Waals surface area contributed by atoms with Crippen molar-refractivity contribution < 1.29 is 71.1 Å². The zero-order chi connectivity index (χ0) is 6.73. The van der Waals surface area contributed by atoms with Gasteiger partial charge in [-0.15, -0.1) is 0 Å². The van der Waals surface area contributed by atoms with Gasteiger partial charge in [-0.3, -0.25) is 9.59 Å². The molecule has 50 valence electrons. The van der Waals surface area contributed by atoms with Gasteiger partial charge in [0.15, 0.2) is 5.92 Å². The Bertz CT molecular complexity index is 120. The SMILES string of the molecule is CC(C(=O)O)C(=O)O.[H-].[H-].[Li+].[Na+]. The van der Waals surface area contributed by atoms with E-state index in [1.165, 1.54) is 0 Å². The van der Waals surface area contributed by atoms with Gasteiger partial charge in [0.25, 0.3) is 0 Å². The van der Waals surface area contributed by atoms with Crippen LogP contribution in [0, 0.1) is 5.92 Å². The van der Waals surface area contributed by atoms with Crippen LogP contribution in [0.15, 0.2) is 0 Å². The van der Waals surface area contributed by atoms with Crippen LogP contribution in [-0.2, 0) is 9.59 Å². The van der Waals surface area contributed by atoms with Gasteiger partial charge in [-0.25, -0.2) is 0 Å². The Kier molecular flexibility index (Phi) is 12.9. The summed E-state index contributed by atoms with van der Waals surface area (Å²) in [5, 5.41) is 15.9. The van der Waals surface area contributed by atoms with Gasteiger partial charge in [-0.1, -0.05) is 0 Å². The maximum Gasteiger partial charge on any atom is 1.00 e. The topological polar surface area (TPSA) is 74.6 Å². The summed E-state index contributed by atoms with van der Waals surface area (Å²) in [4.78, 5) is 19.5. The van der Waals surface area contributed by atoms with Crippen LogP contribution < -0.4 is 48.4 Å². The molecule has 0 fully saturated rings. The fraction of sp³-hybridized carbons (Fsp3) is 0.500. The number of carboxylic acids is 2. The number of hydrogen-bond acceptors (Lipinski definition) is 2. The maximum atomic E-state index is 9.76. The van der Waals surface area contributed by atoms with Crippen LogP contribution in [0.25, 0.3) is 0 Å². The van der Waals surface area contributed by atoms with Gasteiger partial charge < -0.3 is 13.1 Å². The summed E-state index contributed by atoms with van der Waals surface area (Å²) < 4.78 is 0. The molecule has 0 saturated carbocycles. The number of hydrogen-bond donors (Lipinski definition) is 2. The van der Waals surface area contributed by atoms with E-state index in [1.807, 2.05) is 0 Å². The van der Waals surface area contributed by atoms with Crippen molar-refractivity contribution >= 4 is 11.9 Å². The van der Waals surface area contributed by atoms with Crippen molar-refractivity contribution in [1.29, 1.82) is 0 Å². The number of carboxylic acid groups (broad SMARTS) is 2. The molecule has 0 atom stereocenters. The van der Waals surface area contributed by atoms with Crippen molar-refractivity contribution in [2.75, 3.05) is 0 Å². The predicted molar refractivity (Wildman–Crippen MR) is 26.7 cm³/mol. The summed E-state index contributed by atoms with van der Waals surface area (Å²) in [7, 11) is 0. The minimum absolute atomic E-state index is 0. The molecule has 0 unspecified atom stereocenters. The van der Waals surface area contributed by atoms with Crippen molar-refractivity contribution in [2.45, 2.75) is 6.92 Å². The fourth-order valence-corrected chi connectivity index (χ4v) is 0.106. The van der Waals surface area contributed by atoms with Gasteiger partial charge >= 0.3 is 60.4 Å². The van der Waals surface area contributed by atoms with E-state index in [0.717, 1.165) is 6.92 Å². The normalized spacial score (nSPS) is 7.40. The molecule has 0 radical (unpaired) electrons. The van der Waals surface area contributed by atoms with Crippen molar-refractivity contribution in [2.24, 2.45) is 5.92 Å². The molecule has 0 saturated heterocycles. The Morgan fingerprint density at radius 2 is 1.50 bits per heavy atom. The van der Waals surface area contributed by atoms with Gasteiger partial charge in [0.1, 0.15) is 0 Å². The number of rotatable bonds is 2. The third-order valence-corrected chi connectivity index (χ3v) is 0.741. The number of carbonyl (C=O) groups is 2. The minimum atomic E-state index is -1.31. The van der Waals surface area contributed by atoms with Gasteiger partial charge in [0, 0.05) is 0 Å². The summed E-state index contributed by atoms with van der Waals surface area (Å²) in [6.07, 6.45) is 0. The number of aliphatic carboxylic acids is 2. The molecule has 0 spiro atoms. The summed E-state index contributed by atoms with van der Waals surface area (Å²) in [6.45, 7) is 1.12. The first-order valence-electron chi connectivity index (χ1n) is 2.01. The molecule has 0 amide bonds. The van der Waals surface area contributed by atoms with E-state index in [2.05, 4.69) is 0 Å². The van der Waals surface area contributed by atoms with E-state index < -0.39 is 17.9 Å². The van der Waals surface area contributed by atoms with Crippen LogP contribution in [0.5, 0.6) is 0 Å². The molecule has 0 rings (SSSR count). The van der Waals surface area contributed by atoms with Gasteiger partial charge in [0.2, 0.25) is 0 Å². The molecule has 2 N–H and O–H groups in total. The molecule has 0 bridgehead atoms. The average molecular weight is 150 g/mol. The van der Waals surface area contributed by atoms with E-state index in [1.54, 1.807) is 0 Å². The average Bonchev–Trinajstić information content (AvgIpc) is 1.64. The maximum absolute atomic E-state index is 9.76. The van der Waals surface area contributed by atoms with Crippen LogP contribution in [0.1, 0.15) is 9.78 Å². The standard InChI is InChI=1S/C4H6O4.Li.Na.2H/c1-2(3(5)6)4(7)8;;;;/h2H,1H3,(H,5,6)(H,7,8);;;;/q;2*+1;2*-1. The third kappa shape index (κ3) is 6.65. The van der Waals surface area contributed by atoms with Crippen molar-refractivity contribution in [3.05, 3.63) is 0 Å². The predicted octanol–water partition coefficient (Wildman–Crippen LogP) is -5.98. The summed E-state index contributed by atoms with van der Waals surface area (Å²) in [5.74, 6) is -3.91. The second kappa shape index (κ2) is 7.64. The monoisotopic (exact) mass is 150 g/mol. The molecular formula is C4H8LiNaO4. The van der Waals surface area contributed by atoms with E-state index >= 15 is 0 Å².